The first-order valence-corrected chi connectivity index (χ1v) is 8.01. The van der Waals surface area contributed by atoms with Crippen LogP contribution in [-0.4, -0.2) is 12.1 Å². The molecule has 19 heavy (non-hydrogen) atoms. The number of hydrogen-bond acceptors (Lipinski definition) is 1. The van der Waals surface area contributed by atoms with Crippen LogP contribution in [0.1, 0.15) is 55.2 Å². The van der Waals surface area contributed by atoms with E-state index in [-0.39, 0.29) is 0 Å². The number of nitrogens with one attached hydrogen (secondary N) is 1. The number of aryl methyl sites for hydroxylation is 2. The minimum atomic E-state index is 0.410. The Kier molecular flexibility index (Phi) is 3.66. The van der Waals surface area contributed by atoms with Gasteiger partial charge < -0.3 is 5.32 Å². The van der Waals surface area contributed by atoms with Crippen molar-refractivity contribution in [2.24, 2.45) is 5.92 Å². The van der Waals surface area contributed by atoms with Gasteiger partial charge in [0.25, 0.3) is 0 Å². The van der Waals surface area contributed by atoms with Crippen LogP contribution in [0.3, 0.4) is 0 Å². The van der Waals surface area contributed by atoms with Gasteiger partial charge in [0.1, 0.15) is 0 Å². The van der Waals surface area contributed by atoms with Gasteiger partial charge in [-0.3, -0.25) is 0 Å². The van der Waals surface area contributed by atoms with Crippen molar-refractivity contribution in [2.45, 2.75) is 64.3 Å². The molecule has 0 amide bonds. The molecule has 3 rings (SSSR count). The van der Waals surface area contributed by atoms with E-state index >= 15 is 0 Å². The summed E-state index contributed by atoms with van der Waals surface area (Å²) >= 11 is 0. The fourth-order valence-corrected chi connectivity index (χ4v) is 3.89. The molecule has 1 aliphatic carbocycles. The van der Waals surface area contributed by atoms with Crippen LogP contribution >= 0.6 is 0 Å². The highest BCUT2D eigenvalue weighted by molar-refractivity contribution is 5.35. The van der Waals surface area contributed by atoms with Crippen molar-refractivity contribution in [3.8, 4) is 0 Å². The van der Waals surface area contributed by atoms with Gasteiger partial charge in [-0.15, -0.1) is 0 Å². The highest BCUT2D eigenvalue weighted by Crippen LogP contribution is 2.45. The van der Waals surface area contributed by atoms with Crippen LogP contribution in [0.2, 0.25) is 0 Å². The highest BCUT2D eigenvalue weighted by Gasteiger charge is 2.45. The standard InChI is InChI=1S/C18H27N/c1-14-7-6-8-15(2)17(14)13-18(16-9-10-16)11-4-3-5-12-19-18/h6-8,16,19H,3-5,9-13H2,1-2H3. The summed E-state index contributed by atoms with van der Waals surface area (Å²) in [5.41, 5.74) is 4.97. The average molecular weight is 257 g/mol. The lowest BCUT2D eigenvalue weighted by Gasteiger charge is -2.35. The Balaban J connectivity index is 1.88. The lowest BCUT2D eigenvalue weighted by atomic mass is 9.80. The maximum atomic E-state index is 3.96. The minimum Gasteiger partial charge on any atom is -0.311 e. The fraction of sp³-hybridized carbons (Fsp3) is 0.667. The molecule has 1 saturated carbocycles. The molecule has 0 spiro atoms. The predicted molar refractivity (Wildman–Crippen MR) is 81.5 cm³/mol. The van der Waals surface area contributed by atoms with Gasteiger partial charge in [0.15, 0.2) is 0 Å². The first kappa shape index (κ1) is 13.2. The van der Waals surface area contributed by atoms with Gasteiger partial charge >= 0.3 is 0 Å². The van der Waals surface area contributed by atoms with Crippen LogP contribution in [0.15, 0.2) is 18.2 Å². The van der Waals surface area contributed by atoms with Crippen molar-refractivity contribution < 1.29 is 0 Å². The van der Waals surface area contributed by atoms with Crippen molar-refractivity contribution in [3.63, 3.8) is 0 Å². The molecule has 2 fully saturated rings. The monoisotopic (exact) mass is 257 g/mol. The summed E-state index contributed by atoms with van der Waals surface area (Å²) in [6.07, 6.45) is 9.70. The summed E-state index contributed by atoms with van der Waals surface area (Å²) < 4.78 is 0. The molecule has 2 aliphatic rings. The van der Waals surface area contributed by atoms with Crippen LogP contribution in [0, 0.1) is 19.8 Å². The third-order valence-electron chi connectivity index (χ3n) is 5.27. The Labute approximate surface area is 117 Å². The fourth-order valence-electron chi connectivity index (χ4n) is 3.89. The van der Waals surface area contributed by atoms with Crippen molar-refractivity contribution >= 4 is 0 Å². The first-order valence-electron chi connectivity index (χ1n) is 8.01. The van der Waals surface area contributed by atoms with Crippen molar-refractivity contribution in [2.75, 3.05) is 6.54 Å². The summed E-state index contributed by atoms with van der Waals surface area (Å²) in [6.45, 7) is 5.78. The van der Waals surface area contributed by atoms with E-state index in [0.29, 0.717) is 5.54 Å². The average Bonchev–Trinajstić information content (AvgIpc) is 3.21. The Bertz CT molecular complexity index is 417. The molecule has 1 heteroatoms. The minimum absolute atomic E-state index is 0.410. The second kappa shape index (κ2) is 5.28. The molecule has 104 valence electrons. The predicted octanol–water partition coefficient (Wildman–Crippen LogP) is 4.16. The summed E-state index contributed by atoms with van der Waals surface area (Å²) in [4.78, 5) is 0. The van der Waals surface area contributed by atoms with Gasteiger partial charge in [-0.1, -0.05) is 31.0 Å². The van der Waals surface area contributed by atoms with Crippen molar-refractivity contribution in [1.29, 1.82) is 0 Å². The van der Waals surface area contributed by atoms with E-state index in [1.54, 1.807) is 5.56 Å². The summed E-state index contributed by atoms with van der Waals surface area (Å²) in [7, 11) is 0. The van der Waals surface area contributed by atoms with E-state index in [2.05, 4.69) is 37.4 Å². The largest absolute Gasteiger partial charge is 0.311 e. The normalized spacial score (nSPS) is 28.1. The van der Waals surface area contributed by atoms with Gasteiger partial charge in [0, 0.05) is 5.54 Å². The molecular weight excluding hydrogens is 230 g/mol. The van der Waals surface area contributed by atoms with E-state index in [0.717, 1.165) is 5.92 Å². The third kappa shape index (κ3) is 2.72. The van der Waals surface area contributed by atoms with Crippen molar-refractivity contribution in [3.05, 3.63) is 34.9 Å². The second-order valence-corrected chi connectivity index (χ2v) is 6.71. The zero-order valence-electron chi connectivity index (χ0n) is 12.5. The molecule has 0 aromatic heterocycles. The van der Waals surface area contributed by atoms with E-state index in [1.807, 2.05) is 0 Å². The number of hydrogen-bond donors (Lipinski definition) is 1. The maximum Gasteiger partial charge on any atom is 0.0250 e. The SMILES string of the molecule is Cc1cccc(C)c1CC1(C2CC2)CCCCCN1. The molecule has 1 unspecified atom stereocenters. The van der Waals surface area contributed by atoms with Gasteiger partial charge in [-0.05, 0) is 75.1 Å². The molecule has 1 heterocycles. The third-order valence-corrected chi connectivity index (χ3v) is 5.27. The summed E-state index contributed by atoms with van der Waals surface area (Å²) in [5, 5.41) is 3.96. The van der Waals surface area contributed by atoms with Crippen LogP contribution in [0.5, 0.6) is 0 Å². The van der Waals surface area contributed by atoms with Gasteiger partial charge in [0.05, 0.1) is 0 Å². The molecule has 1 atom stereocenters. The van der Waals surface area contributed by atoms with Gasteiger partial charge in [-0.2, -0.15) is 0 Å². The molecule has 1 aromatic rings. The van der Waals surface area contributed by atoms with Gasteiger partial charge in [0.2, 0.25) is 0 Å². The van der Waals surface area contributed by atoms with Crippen LogP contribution in [-0.2, 0) is 6.42 Å². The topological polar surface area (TPSA) is 12.0 Å². The number of rotatable bonds is 3. The molecule has 0 bridgehead atoms. The molecule has 1 nitrogen and oxygen atoms in total. The summed E-state index contributed by atoms with van der Waals surface area (Å²) in [5.74, 6) is 0.935. The van der Waals surface area contributed by atoms with Crippen LogP contribution in [0.25, 0.3) is 0 Å². The second-order valence-electron chi connectivity index (χ2n) is 6.71. The molecule has 1 aromatic carbocycles. The molecule has 1 aliphatic heterocycles. The Morgan fingerprint density at radius 1 is 1.11 bits per heavy atom. The van der Waals surface area contributed by atoms with E-state index in [9.17, 15) is 0 Å². The van der Waals surface area contributed by atoms with Gasteiger partial charge in [-0.25, -0.2) is 0 Å². The van der Waals surface area contributed by atoms with Crippen LogP contribution < -0.4 is 5.32 Å². The zero-order chi connectivity index (χ0) is 13.3. The van der Waals surface area contributed by atoms with E-state index in [4.69, 9.17) is 0 Å². The zero-order valence-corrected chi connectivity index (χ0v) is 12.5. The Morgan fingerprint density at radius 2 is 1.84 bits per heavy atom. The quantitative estimate of drug-likeness (QED) is 0.857. The molecule has 1 N–H and O–H groups in total. The Hall–Kier alpha value is -0.820. The summed E-state index contributed by atoms with van der Waals surface area (Å²) in [6, 6.07) is 6.75. The van der Waals surface area contributed by atoms with Crippen LogP contribution in [0.4, 0.5) is 0 Å². The Morgan fingerprint density at radius 3 is 2.53 bits per heavy atom. The van der Waals surface area contributed by atoms with E-state index < -0.39 is 0 Å². The first-order chi connectivity index (χ1) is 9.21. The molecule has 1 saturated heterocycles. The molecule has 0 radical (unpaired) electrons. The number of benzene rings is 1. The highest BCUT2D eigenvalue weighted by atomic mass is 15.0. The smallest absolute Gasteiger partial charge is 0.0250 e. The lowest BCUT2D eigenvalue weighted by Crippen LogP contribution is -2.49. The molecular formula is C18H27N. The van der Waals surface area contributed by atoms with E-state index in [1.165, 1.54) is 62.6 Å². The lowest BCUT2D eigenvalue weighted by molar-refractivity contribution is 0.270. The van der Waals surface area contributed by atoms with Crippen molar-refractivity contribution in [1.82, 2.24) is 5.32 Å². The maximum absolute atomic E-state index is 3.96.